The van der Waals surface area contributed by atoms with Gasteiger partial charge in [-0.15, -0.1) is 0 Å². The molecule has 0 unspecified atom stereocenters. The van der Waals surface area contributed by atoms with Gasteiger partial charge in [-0.25, -0.2) is 8.78 Å². The van der Waals surface area contributed by atoms with Crippen molar-refractivity contribution in [2.24, 2.45) is 0 Å². The normalized spacial score (nSPS) is 14.5. The van der Waals surface area contributed by atoms with Crippen molar-refractivity contribution in [2.75, 3.05) is 26.2 Å². The molecule has 164 valence electrons. The molecule has 0 aromatic heterocycles. The predicted octanol–water partition coefficient (Wildman–Crippen LogP) is 4.42. The number of hydrogen-bond donors (Lipinski definition) is 0. The van der Waals surface area contributed by atoms with Gasteiger partial charge < -0.3 is 4.90 Å². The molecule has 1 heterocycles. The zero-order valence-corrected chi connectivity index (χ0v) is 17.2. The van der Waals surface area contributed by atoms with Crippen LogP contribution >= 0.6 is 0 Å². The molecule has 8 heteroatoms. The summed E-state index contributed by atoms with van der Waals surface area (Å²) in [6, 6.07) is 17.9. The van der Waals surface area contributed by atoms with Gasteiger partial charge in [-0.3, -0.25) is 19.8 Å². The van der Waals surface area contributed by atoms with Crippen molar-refractivity contribution in [3.63, 3.8) is 0 Å². The minimum atomic E-state index is -0.502. The summed E-state index contributed by atoms with van der Waals surface area (Å²) in [4.78, 5) is 27.0. The highest BCUT2D eigenvalue weighted by molar-refractivity contribution is 5.94. The van der Waals surface area contributed by atoms with E-state index in [2.05, 4.69) is 4.90 Å². The SMILES string of the molecule is O=C(c1ccc([N+](=O)[O-])cc1)N1CCN(C(c2ccc(F)cc2)c2ccc(F)cc2)CC1. The summed E-state index contributed by atoms with van der Waals surface area (Å²) in [6.07, 6.45) is 0. The summed E-state index contributed by atoms with van der Waals surface area (Å²) in [7, 11) is 0. The van der Waals surface area contributed by atoms with Crippen LogP contribution in [0.25, 0.3) is 0 Å². The topological polar surface area (TPSA) is 66.7 Å². The van der Waals surface area contributed by atoms with Crippen LogP contribution in [-0.2, 0) is 0 Å². The van der Waals surface area contributed by atoms with Crippen molar-refractivity contribution in [3.8, 4) is 0 Å². The number of carbonyl (C=O) groups is 1. The molecule has 1 aliphatic rings. The molecule has 1 aliphatic heterocycles. The quantitative estimate of drug-likeness (QED) is 0.438. The molecule has 0 bridgehead atoms. The van der Waals surface area contributed by atoms with Gasteiger partial charge in [-0.2, -0.15) is 0 Å². The molecule has 0 radical (unpaired) electrons. The zero-order valence-electron chi connectivity index (χ0n) is 17.2. The fourth-order valence-corrected chi connectivity index (χ4v) is 4.00. The van der Waals surface area contributed by atoms with E-state index in [-0.39, 0.29) is 29.3 Å². The van der Waals surface area contributed by atoms with E-state index in [1.807, 2.05) is 0 Å². The Kier molecular flexibility index (Phi) is 6.23. The van der Waals surface area contributed by atoms with Crippen LogP contribution in [0.5, 0.6) is 0 Å². The summed E-state index contributed by atoms with van der Waals surface area (Å²) in [5, 5.41) is 10.8. The van der Waals surface area contributed by atoms with Crippen LogP contribution < -0.4 is 0 Å². The fourth-order valence-electron chi connectivity index (χ4n) is 4.00. The summed E-state index contributed by atoms with van der Waals surface area (Å²) < 4.78 is 26.9. The number of non-ortho nitro benzene ring substituents is 1. The van der Waals surface area contributed by atoms with E-state index in [0.717, 1.165) is 11.1 Å². The highest BCUT2D eigenvalue weighted by atomic mass is 19.1. The monoisotopic (exact) mass is 437 g/mol. The van der Waals surface area contributed by atoms with Crippen LogP contribution in [0.1, 0.15) is 27.5 Å². The van der Waals surface area contributed by atoms with Gasteiger partial charge in [0.1, 0.15) is 11.6 Å². The van der Waals surface area contributed by atoms with Crippen LogP contribution in [0, 0.1) is 21.7 Å². The minimum absolute atomic E-state index is 0.0622. The lowest BCUT2D eigenvalue weighted by atomic mass is 9.96. The van der Waals surface area contributed by atoms with Gasteiger partial charge in [0, 0.05) is 43.9 Å². The Morgan fingerprint density at radius 3 is 1.69 bits per heavy atom. The van der Waals surface area contributed by atoms with E-state index in [9.17, 15) is 23.7 Å². The van der Waals surface area contributed by atoms with Gasteiger partial charge in [0.25, 0.3) is 11.6 Å². The first-order valence-corrected chi connectivity index (χ1v) is 10.2. The zero-order chi connectivity index (χ0) is 22.7. The first-order valence-electron chi connectivity index (χ1n) is 10.2. The lowest BCUT2D eigenvalue weighted by Gasteiger charge is -2.39. The second-order valence-corrected chi connectivity index (χ2v) is 7.64. The van der Waals surface area contributed by atoms with Crippen LogP contribution in [0.4, 0.5) is 14.5 Å². The van der Waals surface area contributed by atoms with E-state index in [0.29, 0.717) is 31.7 Å². The highest BCUT2D eigenvalue weighted by Crippen LogP contribution is 2.30. The lowest BCUT2D eigenvalue weighted by Crippen LogP contribution is -2.49. The number of benzene rings is 3. The number of rotatable bonds is 5. The second kappa shape index (κ2) is 9.23. The van der Waals surface area contributed by atoms with Crippen LogP contribution in [0.3, 0.4) is 0 Å². The molecule has 0 N–H and O–H groups in total. The summed E-state index contributed by atoms with van der Waals surface area (Å²) in [5.41, 5.74) is 2.10. The van der Waals surface area contributed by atoms with Crippen molar-refractivity contribution in [1.82, 2.24) is 9.80 Å². The largest absolute Gasteiger partial charge is 0.336 e. The van der Waals surface area contributed by atoms with Crippen LogP contribution in [0.2, 0.25) is 0 Å². The molecule has 3 aromatic carbocycles. The van der Waals surface area contributed by atoms with E-state index >= 15 is 0 Å². The maximum Gasteiger partial charge on any atom is 0.269 e. The Labute approximate surface area is 183 Å². The van der Waals surface area contributed by atoms with Gasteiger partial charge >= 0.3 is 0 Å². The average molecular weight is 437 g/mol. The van der Waals surface area contributed by atoms with Crippen molar-refractivity contribution < 1.29 is 18.5 Å². The molecule has 0 saturated carbocycles. The first-order chi connectivity index (χ1) is 15.4. The average Bonchev–Trinajstić information content (AvgIpc) is 2.82. The maximum absolute atomic E-state index is 13.5. The van der Waals surface area contributed by atoms with E-state index < -0.39 is 4.92 Å². The van der Waals surface area contributed by atoms with Crippen LogP contribution in [0.15, 0.2) is 72.8 Å². The van der Waals surface area contributed by atoms with Gasteiger partial charge in [-0.05, 0) is 47.5 Å². The van der Waals surface area contributed by atoms with Crippen molar-refractivity contribution in [1.29, 1.82) is 0 Å². The molecule has 3 aromatic rings. The Bertz CT molecular complexity index is 1050. The van der Waals surface area contributed by atoms with E-state index in [4.69, 9.17) is 0 Å². The number of hydrogen-bond acceptors (Lipinski definition) is 4. The van der Waals surface area contributed by atoms with E-state index in [1.165, 1.54) is 48.5 Å². The van der Waals surface area contributed by atoms with Gasteiger partial charge in [-0.1, -0.05) is 24.3 Å². The maximum atomic E-state index is 13.5. The molecule has 6 nitrogen and oxygen atoms in total. The number of nitro groups is 1. The summed E-state index contributed by atoms with van der Waals surface area (Å²) in [5.74, 6) is -0.838. The molecular weight excluding hydrogens is 416 g/mol. The third-order valence-electron chi connectivity index (χ3n) is 5.66. The van der Waals surface area contributed by atoms with Crippen molar-refractivity contribution in [3.05, 3.63) is 111 Å². The molecule has 32 heavy (non-hydrogen) atoms. The number of nitro benzene ring substituents is 1. The lowest BCUT2D eigenvalue weighted by molar-refractivity contribution is -0.384. The highest BCUT2D eigenvalue weighted by Gasteiger charge is 2.29. The Hall–Kier alpha value is -3.65. The Balaban J connectivity index is 1.50. The third kappa shape index (κ3) is 4.65. The van der Waals surface area contributed by atoms with Gasteiger partial charge in [0.2, 0.25) is 0 Å². The number of piperazine rings is 1. The van der Waals surface area contributed by atoms with Crippen LogP contribution in [-0.4, -0.2) is 46.8 Å². The molecule has 1 amide bonds. The fraction of sp³-hybridized carbons (Fsp3) is 0.208. The predicted molar refractivity (Wildman–Crippen MR) is 115 cm³/mol. The number of amides is 1. The first kappa shape index (κ1) is 21.6. The number of nitrogens with zero attached hydrogens (tertiary/aromatic N) is 3. The number of carbonyl (C=O) groups excluding carboxylic acids is 1. The van der Waals surface area contributed by atoms with E-state index in [1.54, 1.807) is 29.2 Å². The standard InChI is InChI=1S/C24H21F2N3O3/c25-20-7-1-17(2-8-20)23(18-3-9-21(26)10-4-18)27-13-15-28(16-14-27)24(30)19-5-11-22(12-6-19)29(31)32/h1-12,23H,13-16H2. The summed E-state index contributed by atoms with van der Waals surface area (Å²) >= 11 is 0. The second-order valence-electron chi connectivity index (χ2n) is 7.64. The molecule has 1 fully saturated rings. The molecule has 0 aliphatic carbocycles. The summed E-state index contributed by atoms with van der Waals surface area (Å²) in [6.45, 7) is 2.07. The number of halogens is 2. The molecule has 1 saturated heterocycles. The molecule has 0 atom stereocenters. The molecule has 4 rings (SSSR count). The molecular formula is C24H21F2N3O3. The minimum Gasteiger partial charge on any atom is -0.336 e. The van der Waals surface area contributed by atoms with Gasteiger partial charge in [0.05, 0.1) is 11.0 Å². The molecule has 0 spiro atoms. The Morgan fingerprint density at radius 2 is 1.25 bits per heavy atom. The van der Waals surface area contributed by atoms with Crippen molar-refractivity contribution >= 4 is 11.6 Å². The Morgan fingerprint density at radius 1 is 0.781 bits per heavy atom. The van der Waals surface area contributed by atoms with Crippen molar-refractivity contribution in [2.45, 2.75) is 6.04 Å². The van der Waals surface area contributed by atoms with Gasteiger partial charge in [0.15, 0.2) is 0 Å². The smallest absolute Gasteiger partial charge is 0.269 e. The third-order valence-corrected chi connectivity index (χ3v) is 5.66.